The molecule has 0 amide bonds. The van der Waals surface area contributed by atoms with E-state index < -0.39 is 0 Å². The lowest BCUT2D eigenvalue weighted by Gasteiger charge is -2.03. The van der Waals surface area contributed by atoms with Gasteiger partial charge in [-0.15, -0.1) is 0 Å². The van der Waals surface area contributed by atoms with Crippen LogP contribution in [0, 0.1) is 0 Å². The van der Waals surface area contributed by atoms with Gasteiger partial charge < -0.3 is 10.1 Å². The highest BCUT2D eigenvalue weighted by Crippen LogP contribution is 2.31. The number of hydrogen-bond acceptors (Lipinski definition) is 3. The summed E-state index contributed by atoms with van der Waals surface area (Å²) < 4.78 is 5.21. The zero-order valence-electron chi connectivity index (χ0n) is 7.08. The average molecular weight is 164 g/mol. The highest BCUT2D eigenvalue weighted by Gasteiger charge is 2.27. The topological polar surface area (TPSA) is 37.5 Å². The summed E-state index contributed by atoms with van der Waals surface area (Å²) in [4.78, 5) is 4.29. The Morgan fingerprint density at radius 3 is 3.25 bits per heavy atom. The highest BCUT2D eigenvalue weighted by molar-refractivity contribution is 5.24. The van der Waals surface area contributed by atoms with Crippen molar-refractivity contribution < 1.29 is 4.74 Å². The quantitative estimate of drug-likeness (QED) is 0.674. The molecule has 3 heteroatoms. The molecule has 1 unspecified atom stereocenters. The minimum absolute atomic E-state index is 0.307. The molecule has 1 aromatic rings. The van der Waals surface area contributed by atoms with E-state index in [1.54, 1.807) is 0 Å². The van der Waals surface area contributed by atoms with Crippen molar-refractivity contribution in [2.24, 2.45) is 0 Å². The molecule has 0 bridgehead atoms. The van der Waals surface area contributed by atoms with Crippen LogP contribution in [0.3, 0.4) is 0 Å². The first kappa shape index (κ1) is 7.71. The molecule has 0 aliphatic carbocycles. The molecule has 1 aliphatic rings. The second kappa shape index (κ2) is 3.21. The van der Waals surface area contributed by atoms with Gasteiger partial charge in [-0.05, 0) is 13.1 Å². The largest absolute Gasteiger partial charge is 0.368 e. The molecule has 1 atom stereocenters. The fraction of sp³-hybridized carbons (Fsp3) is 0.444. The van der Waals surface area contributed by atoms with E-state index in [9.17, 15) is 0 Å². The van der Waals surface area contributed by atoms with E-state index in [-0.39, 0.29) is 0 Å². The van der Waals surface area contributed by atoms with Crippen molar-refractivity contribution >= 4 is 0 Å². The van der Waals surface area contributed by atoms with Gasteiger partial charge in [-0.25, -0.2) is 0 Å². The van der Waals surface area contributed by atoms with Crippen LogP contribution in [0.15, 0.2) is 18.3 Å². The second-order valence-electron chi connectivity index (χ2n) is 2.89. The van der Waals surface area contributed by atoms with Gasteiger partial charge in [0.25, 0.3) is 0 Å². The van der Waals surface area contributed by atoms with Crippen molar-refractivity contribution in [3.8, 4) is 0 Å². The average Bonchev–Trinajstić information content (AvgIpc) is 2.89. The van der Waals surface area contributed by atoms with Gasteiger partial charge in [0.2, 0.25) is 0 Å². The van der Waals surface area contributed by atoms with E-state index in [0.29, 0.717) is 6.10 Å². The predicted octanol–water partition coefficient (Wildman–Crippen LogP) is 0.872. The Kier molecular flexibility index (Phi) is 2.06. The molecule has 1 aliphatic heterocycles. The number of nitrogens with zero attached hydrogens (tertiary/aromatic N) is 1. The zero-order valence-corrected chi connectivity index (χ0v) is 7.08. The summed E-state index contributed by atoms with van der Waals surface area (Å²) in [7, 11) is 1.92. The minimum atomic E-state index is 0.307. The van der Waals surface area contributed by atoms with Crippen LogP contribution >= 0.6 is 0 Å². The Morgan fingerprint density at radius 1 is 1.75 bits per heavy atom. The molecule has 0 radical (unpaired) electrons. The summed E-state index contributed by atoms with van der Waals surface area (Å²) in [6.07, 6.45) is 2.13. The maximum atomic E-state index is 5.21. The van der Waals surface area contributed by atoms with Crippen molar-refractivity contribution in [1.29, 1.82) is 0 Å². The van der Waals surface area contributed by atoms with Gasteiger partial charge in [0, 0.05) is 18.3 Å². The van der Waals surface area contributed by atoms with Crippen LogP contribution < -0.4 is 5.32 Å². The molecular formula is C9H12N2O. The lowest BCUT2D eigenvalue weighted by Crippen LogP contribution is -2.09. The van der Waals surface area contributed by atoms with Gasteiger partial charge in [-0.1, -0.05) is 6.07 Å². The summed E-state index contributed by atoms with van der Waals surface area (Å²) >= 11 is 0. The van der Waals surface area contributed by atoms with Crippen molar-refractivity contribution in [3.05, 3.63) is 29.6 Å². The number of epoxide rings is 1. The number of nitrogens with one attached hydrogen (secondary N) is 1. The fourth-order valence-electron chi connectivity index (χ4n) is 1.29. The molecule has 64 valence electrons. The van der Waals surface area contributed by atoms with E-state index in [4.69, 9.17) is 4.74 Å². The maximum absolute atomic E-state index is 5.21. The Balaban J connectivity index is 2.24. The zero-order chi connectivity index (χ0) is 8.39. The van der Waals surface area contributed by atoms with Crippen LogP contribution in [0.2, 0.25) is 0 Å². The van der Waals surface area contributed by atoms with Crippen LogP contribution in [0.4, 0.5) is 0 Å². The van der Waals surface area contributed by atoms with Crippen LogP contribution in [-0.4, -0.2) is 18.6 Å². The number of hydrogen-bond donors (Lipinski definition) is 1. The van der Waals surface area contributed by atoms with Gasteiger partial charge in [0.15, 0.2) is 0 Å². The van der Waals surface area contributed by atoms with Crippen molar-refractivity contribution in [3.63, 3.8) is 0 Å². The summed E-state index contributed by atoms with van der Waals surface area (Å²) in [5.41, 5.74) is 2.33. The lowest BCUT2D eigenvalue weighted by molar-refractivity contribution is 0.413. The Hall–Kier alpha value is -0.930. The molecule has 1 fully saturated rings. The third kappa shape index (κ3) is 1.47. The van der Waals surface area contributed by atoms with Crippen LogP contribution in [-0.2, 0) is 11.3 Å². The summed E-state index contributed by atoms with van der Waals surface area (Å²) in [5.74, 6) is 0. The van der Waals surface area contributed by atoms with Crippen molar-refractivity contribution in [2.75, 3.05) is 13.7 Å². The first-order valence-corrected chi connectivity index (χ1v) is 4.12. The molecular weight excluding hydrogens is 152 g/mol. The third-order valence-electron chi connectivity index (χ3n) is 1.95. The minimum Gasteiger partial charge on any atom is -0.368 e. The van der Waals surface area contributed by atoms with E-state index in [1.165, 1.54) is 5.56 Å². The number of pyridine rings is 1. The second-order valence-corrected chi connectivity index (χ2v) is 2.89. The van der Waals surface area contributed by atoms with Gasteiger partial charge in [-0.3, -0.25) is 4.98 Å². The molecule has 1 aromatic heterocycles. The van der Waals surface area contributed by atoms with Crippen LogP contribution in [0.25, 0.3) is 0 Å². The summed E-state index contributed by atoms with van der Waals surface area (Å²) in [6.45, 7) is 1.67. The van der Waals surface area contributed by atoms with Crippen molar-refractivity contribution in [2.45, 2.75) is 12.6 Å². The van der Waals surface area contributed by atoms with Gasteiger partial charge in [0.1, 0.15) is 6.10 Å². The third-order valence-corrected chi connectivity index (χ3v) is 1.95. The Morgan fingerprint density at radius 2 is 2.58 bits per heavy atom. The van der Waals surface area contributed by atoms with E-state index in [2.05, 4.69) is 16.4 Å². The van der Waals surface area contributed by atoms with E-state index >= 15 is 0 Å². The molecule has 3 nitrogen and oxygen atoms in total. The summed E-state index contributed by atoms with van der Waals surface area (Å²) in [6, 6.07) is 4.04. The standard InChI is InChI=1S/C9H12N2O/c1-10-5-8-7(9-6-12-9)3-2-4-11-8/h2-4,9-10H,5-6H2,1H3. The molecule has 0 aromatic carbocycles. The van der Waals surface area contributed by atoms with Crippen LogP contribution in [0.5, 0.6) is 0 Å². The summed E-state index contributed by atoms with van der Waals surface area (Å²) in [5, 5.41) is 3.09. The van der Waals surface area contributed by atoms with Gasteiger partial charge in [-0.2, -0.15) is 0 Å². The molecule has 0 spiro atoms. The normalized spacial score (nSPS) is 20.9. The first-order valence-electron chi connectivity index (χ1n) is 4.12. The van der Waals surface area contributed by atoms with E-state index in [1.807, 2.05) is 19.3 Å². The number of ether oxygens (including phenoxy) is 1. The molecule has 1 saturated heterocycles. The number of aromatic nitrogens is 1. The number of rotatable bonds is 3. The van der Waals surface area contributed by atoms with Crippen LogP contribution in [0.1, 0.15) is 17.4 Å². The predicted molar refractivity (Wildman–Crippen MR) is 45.7 cm³/mol. The molecule has 12 heavy (non-hydrogen) atoms. The van der Waals surface area contributed by atoms with Crippen molar-refractivity contribution in [1.82, 2.24) is 10.3 Å². The Bertz CT molecular complexity index is 271. The maximum Gasteiger partial charge on any atom is 0.108 e. The first-order chi connectivity index (χ1) is 5.92. The fourth-order valence-corrected chi connectivity index (χ4v) is 1.29. The molecule has 2 rings (SSSR count). The monoisotopic (exact) mass is 164 g/mol. The van der Waals surface area contributed by atoms with E-state index in [0.717, 1.165) is 18.8 Å². The smallest absolute Gasteiger partial charge is 0.108 e. The van der Waals surface area contributed by atoms with Gasteiger partial charge >= 0.3 is 0 Å². The van der Waals surface area contributed by atoms with Gasteiger partial charge in [0.05, 0.1) is 12.3 Å². The lowest BCUT2D eigenvalue weighted by atomic mass is 10.1. The SMILES string of the molecule is CNCc1ncccc1C1CO1. The Labute approximate surface area is 71.8 Å². The highest BCUT2D eigenvalue weighted by atomic mass is 16.6. The molecule has 0 saturated carbocycles. The molecule has 1 N–H and O–H groups in total. The molecule has 2 heterocycles.